The first-order valence-corrected chi connectivity index (χ1v) is 10.3. The number of nitrogens with one attached hydrogen (secondary N) is 1. The van der Waals surface area contributed by atoms with Gasteiger partial charge in [-0.15, -0.1) is 0 Å². The fourth-order valence-corrected chi connectivity index (χ4v) is 6.60. The van der Waals surface area contributed by atoms with Gasteiger partial charge >= 0.3 is 0 Å². The number of nitrogens with zero attached hydrogens (tertiary/aromatic N) is 2. The van der Waals surface area contributed by atoms with Gasteiger partial charge < -0.3 is 14.9 Å². The number of carbonyl (C=O) groups is 1. The van der Waals surface area contributed by atoms with Crippen LogP contribution in [-0.2, 0) is 11.3 Å². The standard InChI is InChI=1S/C22H27N3O3/c1-2-20-8-15-9-21(12-20,14-22(27,10-15)13-20)19(26)23-11-17-24-18(28-25-17)16-6-4-3-5-7-16/h3-7,15,27H,2,8-14H2,1H3,(H,23,26). The minimum Gasteiger partial charge on any atom is -0.390 e. The number of carbonyl (C=O) groups excluding carboxylic acids is 1. The van der Waals surface area contributed by atoms with E-state index in [4.69, 9.17) is 4.52 Å². The van der Waals surface area contributed by atoms with E-state index < -0.39 is 11.0 Å². The molecule has 6 nitrogen and oxygen atoms in total. The van der Waals surface area contributed by atoms with Gasteiger partial charge in [0.25, 0.3) is 5.89 Å². The molecule has 2 aromatic rings. The highest BCUT2D eigenvalue weighted by atomic mass is 16.5. The average molecular weight is 381 g/mol. The van der Waals surface area contributed by atoms with E-state index >= 15 is 0 Å². The fourth-order valence-electron chi connectivity index (χ4n) is 6.60. The second kappa shape index (κ2) is 6.14. The molecular weight excluding hydrogens is 354 g/mol. The zero-order valence-corrected chi connectivity index (χ0v) is 16.3. The Kier molecular flexibility index (Phi) is 3.92. The van der Waals surface area contributed by atoms with Gasteiger partial charge in [0.05, 0.1) is 17.6 Å². The van der Waals surface area contributed by atoms with Crippen LogP contribution in [0.5, 0.6) is 0 Å². The Morgan fingerprint density at radius 3 is 2.79 bits per heavy atom. The fraction of sp³-hybridized carbons (Fsp3) is 0.591. The highest BCUT2D eigenvalue weighted by Gasteiger charge is 2.64. The molecule has 148 valence electrons. The number of benzene rings is 1. The summed E-state index contributed by atoms with van der Waals surface area (Å²) in [4.78, 5) is 17.6. The molecule has 1 heterocycles. The SMILES string of the molecule is CCC12CC3CC(O)(C1)CC(C(=O)NCc1noc(-c4ccccc4)n1)(C3)C2. The van der Waals surface area contributed by atoms with Gasteiger partial charge in [0.15, 0.2) is 5.82 Å². The maximum Gasteiger partial charge on any atom is 0.257 e. The lowest BCUT2D eigenvalue weighted by molar-refractivity contribution is -0.204. The summed E-state index contributed by atoms with van der Waals surface area (Å²) in [7, 11) is 0. The van der Waals surface area contributed by atoms with Gasteiger partial charge in [-0.05, 0) is 62.0 Å². The van der Waals surface area contributed by atoms with Crippen LogP contribution in [0.1, 0.15) is 57.7 Å². The number of aliphatic hydroxyl groups is 1. The summed E-state index contributed by atoms with van der Waals surface area (Å²) in [5.41, 5.74) is -0.131. The second-order valence-corrected chi connectivity index (χ2v) is 9.43. The van der Waals surface area contributed by atoms with Crippen molar-refractivity contribution in [1.29, 1.82) is 0 Å². The van der Waals surface area contributed by atoms with Crippen LogP contribution < -0.4 is 5.32 Å². The van der Waals surface area contributed by atoms with Crippen molar-refractivity contribution < 1.29 is 14.4 Å². The predicted octanol–water partition coefficient (Wildman–Crippen LogP) is 3.46. The summed E-state index contributed by atoms with van der Waals surface area (Å²) < 4.78 is 5.33. The van der Waals surface area contributed by atoms with Crippen molar-refractivity contribution in [3.63, 3.8) is 0 Å². The highest BCUT2D eigenvalue weighted by molar-refractivity contribution is 5.83. The third-order valence-electron chi connectivity index (χ3n) is 7.28. The quantitative estimate of drug-likeness (QED) is 0.828. The normalized spacial score (nSPS) is 35.9. The van der Waals surface area contributed by atoms with Crippen molar-refractivity contribution >= 4 is 5.91 Å². The van der Waals surface area contributed by atoms with Crippen LogP contribution in [0.15, 0.2) is 34.9 Å². The van der Waals surface area contributed by atoms with E-state index in [-0.39, 0.29) is 17.9 Å². The first-order chi connectivity index (χ1) is 13.4. The van der Waals surface area contributed by atoms with E-state index in [0.717, 1.165) is 44.1 Å². The molecule has 4 aliphatic rings. The Morgan fingerprint density at radius 2 is 2.04 bits per heavy atom. The Balaban J connectivity index is 1.31. The van der Waals surface area contributed by atoms with Gasteiger partial charge in [-0.1, -0.05) is 36.7 Å². The molecule has 4 unspecified atom stereocenters. The van der Waals surface area contributed by atoms with Gasteiger partial charge in [0.2, 0.25) is 5.91 Å². The number of amides is 1. The molecule has 6 heteroatoms. The van der Waals surface area contributed by atoms with Gasteiger partial charge in [-0.3, -0.25) is 4.79 Å². The number of aromatic nitrogens is 2. The van der Waals surface area contributed by atoms with Crippen molar-refractivity contribution in [3.8, 4) is 11.5 Å². The van der Waals surface area contributed by atoms with Gasteiger partial charge in [0, 0.05) is 5.56 Å². The molecule has 1 aromatic carbocycles. The molecule has 0 aliphatic heterocycles. The summed E-state index contributed by atoms with van der Waals surface area (Å²) >= 11 is 0. The van der Waals surface area contributed by atoms with Gasteiger partial charge in [-0.25, -0.2) is 0 Å². The second-order valence-electron chi connectivity index (χ2n) is 9.43. The molecule has 4 fully saturated rings. The minimum absolute atomic E-state index is 0.0407. The molecule has 28 heavy (non-hydrogen) atoms. The first-order valence-electron chi connectivity index (χ1n) is 10.3. The lowest BCUT2D eigenvalue weighted by Gasteiger charge is -2.64. The van der Waals surface area contributed by atoms with Gasteiger partial charge in [0.1, 0.15) is 0 Å². The summed E-state index contributed by atoms with van der Waals surface area (Å²) in [5.74, 6) is 1.43. The molecular formula is C22H27N3O3. The van der Waals surface area contributed by atoms with E-state index in [1.165, 1.54) is 0 Å². The van der Waals surface area contributed by atoms with E-state index in [1.807, 2.05) is 30.3 Å². The van der Waals surface area contributed by atoms with E-state index in [0.29, 0.717) is 24.1 Å². The summed E-state index contributed by atoms with van der Waals surface area (Å²) in [5, 5.41) is 18.2. The van der Waals surface area contributed by atoms with Crippen LogP contribution in [0.4, 0.5) is 0 Å². The average Bonchev–Trinajstić information content (AvgIpc) is 3.14. The van der Waals surface area contributed by atoms with Crippen LogP contribution in [0.25, 0.3) is 11.5 Å². The Morgan fingerprint density at radius 1 is 1.21 bits per heavy atom. The summed E-state index contributed by atoms with van der Waals surface area (Å²) in [6.45, 7) is 2.45. The lowest BCUT2D eigenvalue weighted by Crippen LogP contribution is -2.63. The Bertz CT molecular complexity index is 897. The molecule has 4 atom stereocenters. The summed E-state index contributed by atoms with van der Waals surface area (Å²) in [6.07, 6.45) is 6.28. The summed E-state index contributed by atoms with van der Waals surface area (Å²) in [6, 6.07) is 9.60. The van der Waals surface area contributed by atoms with E-state index in [9.17, 15) is 9.90 Å². The topological polar surface area (TPSA) is 88.2 Å². The third kappa shape index (κ3) is 2.85. The minimum atomic E-state index is -0.667. The first kappa shape index (κ1) is 17.9. The molecule has 1 amide bonds. The largest absolute Gasteiger partial charge is 0.390 e. The molecule has 4 bridgehead atoms. The Hall–Kier alpha value is -2.21. The van der Waals surface area contributed by atoms with Crippen molar-refractivity contribution in [2.45, 2.75) is 64.0 Å². The zero-order valence-electron chi connectivity index (χ0n) is 16.3. The van der Waals surface area contributed by atoms with Crippen LogP contribution in [0.3, 0.4) is 0 Å². The van der Waals surface area contributed by atoms with Crippen LogP contribution >= 0.6 is 0 Å². The van der Waals surface area contributed by atoms with Crippen molar-refractivity contribution in [1.82, 2.24) is 15.5 Å². The molecule has 4 aliphatic carbocycles. The molecule has 0 saturated heterocycles. The zero-order chi connectivity index (χ0) is 19.4. The molecule has 0 radical (unpaired) electrons. The Labute approximate surface area is 164 Å². The van der Waals surface area contributed by atoms with E-state index in [2.05, 4.69) is 22.4 Å². The predicted molar refractivity (Wildman–Crippen MR) is 103 cm³/mol. The molecule has 1 aromatic heterocycles. The molecule has 4 saturated carbocycles. The maximum atomic E-state index is 13.2. The molecule has 0 spiro atoms. The number of rotatable bonds is 5. The van der Waals surface area contributed by atoms with Crippen LogP contribution in [0, 0.1) is 16.7 Å². The van der Waals surface area contributed by atoms with E-state index in [1.54, 1.807) is 0 Å². The number of hydrogen-bond donors (Lipinski definition) is 2. The van der Waals surface area contributed by atoms with Gasteiger partial charge in [-0.2, -0.15) is 4.98 Å². The van der Waals surface area contributed by atoms with Crippen LogP contribution in [0.2, 0.25) is 0 Å². The highest BCUT2D eigenvalue weighted by Crippen LogP contribution is 2.67. The smallest absolute Gasteiger partial charge is 0.257 e. The lowest BCUT2D eigenvalue weighted by atomic mass is 9.42. The third-order valence-corrected chi connectivity index (χ3v) is 7.28. The molecule has 2 N–H and O–H groups in total. The maximum absolute atomic E-state index is 13.2. The monoisotopic (exact) mass is 381 g/mol. The van der Waals surface area contributed by atoms with Crippen molar-refractivity contribution in [2.24, 2.45) is 16.7 Å². The van der Waals surface area contributed by atoms with Crippen molar-refractivity contribution in [3.05, 3.63) is 36.2 Å². The van der Waals surface area contributed by atoms with Crippen LogP contribution in [-0.4, -0.2) is 26.8 Å². The van der Waals surface area contributed by atoms with Crippen molar-refractivity contribution in [2.75, 3.05) is 0 Å². The molecule has 6 rings (SSSR count). The number of hydrogen-bond acceptors (Lipinski definition) is 5.